The number of carbonyl (C=O) groups excluding carboxylic acids is 2. The Bertz CT molecular complexity index is 537. The maximum Gasteiger partial charge on any atom is 0.338 e. The van der Waals surface area contributed by atoms with E-state index < -0.39 is 12.1 Å². The van der Waals surface area contributed by atoms with Crippen LogP contribution >= 0.6 is 0 Å². The van der Waals surface area contributed by atoms with Crippen molar-refractivity contribution in [3.05, 3.63) is 29.8 Å². The lowest BCUT2D eigenvalue weighted by Crippen LogP contribution is -2.36. The Morgan fingerprint density at radius 3 is 2.71 bits per heavy atom. The molecule has 6 heteroatoms. The van der Waals surface area contributed by atoms with Gasteiger partial charge in [0.15, 0.2) is 6.10 Å². The third-order valence-electron chi connectivity index (χ3n) is 3.75. The molecule has 1 saturated heterocycles. The van der Waals surface area contributed by atoms with E-state index in [1.54, 1.807) is 31.2 Å². The van der Waals surface area contributed by atoms with Crippen LogP contribution in [0.5, 0.6) is 5.75 Å². The summed E-state index contributed by atoms with van der Waals surface area (Å²) in [4.78, 5) is 23.8. The standard InChI is InChI=1S/C18H25NO5/c1-3-10-19-17(20)13(2)24-18(21)14-6-8-15(9-7-14)23-12-16-5-4-11-22-16/h6-9,13,16H,3-5,10-12H2,1-2H3,(H,19,20)/t13-,16-/m0/s1. The summed E-state index contributed by atoms with van der Waals surface area (Å²) in [5.41, 5.74) is 0.384. The molecule has 1 N–H and O–H groups in total. The summed E-state index contributed by atoms with van der Waals surface area (Å²) in [6.07, 6.45) is 2.25. The van der Waals surface area contributed by atoms with Gasteiger partial charge in [-0.15, -0.1) is 0 Å². The van der Waals surface area contributed by atoms with Gasteiger partial charge in [0, 0.05) is 13.2 Å². The molecule has 24 heavy (non-hydrogen) atoms. The molecule has 0 bridgehead atoms. The number of carbonyl (C=O) groups is 2. The number of hydrogen-bond donors (Lipinski definition) is 1. The summed E-state index contributed by atoms with van der Waals surface area (Å²) >= 11 is 0. The molecule has 1 aromatic rings. The fourth-order valence-corrected chi connectivity index (χ4v) is 2.33. The average molecular weight is 335 g/mol. The van der Waals surface area contributed by atoms with Crippen LogP contribution in [-0.4, -0.2) is 43.8 Å². The highest BCUT2D eigenvalue weighted by molar-refractivity contribution is 5.92. The van der Waals surface area contributed by atoms with Gasteiger partial charge in [-0.05, 0) is 50.5 Å². The predicted octanol–water partition coefficient (Wildman–Crippen LogP) is 2.32. The topological polar surface area (TPSA) is 73.9 Å². The first-order valence-electron chi connectivity index (χ1n) is 8.43. The molecule has 1 aliphatic rings. The lowest BCUT2D eigenvalue weighted by molar-refractivity contribution is -0.129. The highest BCUT2D eigenvalue weighted by atomic mass is 16.5. The minimum atomic E-state index is -0.820. The summed E-state index contributed by atoms with van der Waals surface area (Å²) in [7, 11) is 0. The van der Waals surface area contributed by atoms with Crippen LogP contribution in [0, 0.1) is 0 Å². The predicted molar refractivity (Wildman–Crippen MR) is 89.1 cm³/mol. The highest BCUT2D eigenvalue weighted by Gasteiger charge is 2.19. The van der Waals surface area contributed by atoms with E-state index in [0.717, 1.165) is 25.9 Å². The van der Waals surface area contributed by atoms with Crippen LogP contribution in [0.25, 0.3) is 0 Å². The molecule has 0 spiro atoms. The number of amides is 1. The van der Waals surface area contributed by atoms with E-state index in [1.165, 1.54) is 0 Å². The summed E-state index contributed by atoms with van der Waals surface area (Å²) in [6, 6.07) is 6.69. The lowest BCUT2D eigenvalue weighted by atomic mass is 10.2. The second kappa shape index (κ2) is 9.27. The van der Waals surface area contributed by atoms with Crippen LogP contribution in [0.15, 0.2) is 24.3 Å². The molecule has 6 nitrogen and oxygen atoms in total. The van der Waals surface area contributed by atoms with Crippen molar-refractivity contribution < 1.29 is 23.8 Å². The van der Waals surface area contributed by atoms with E-state index in [0.29, 0.717) is 24.5 Å². The summed E-state index contributed by atoms with van der Waals surface area (Å²) in [5.74, 6) is -0.141. The molecule has 1 aliphatic heterocycles. The van der Waals surface area contributed by atoms with Crippen molar-refractivity contribution in [1.82, 2.24) is 5.32 Å². The SMILES string of the molecule is CCCNC(=O)[C@H](C)OC(=O)c1ccc(OC[C@@H]2CCCO2)cc1. The Morgan fingerprint density at radius 1 is 1.33 bits per heavy atom. The third-order valence-corrected chi connectivity index (χ3v) is 3.75. The molecule has 1 aromatic carbocycles. The summed E-state index contributed by atoms with van der Waals surface area (Å²) in [6.45, 7) is 5.39. The average Bonchev–Trinajstić information content (AvgIpc) is 3.11. The molecular formula is C18H25NO5. The second-order valence-electron chi connectivity index (χ2n) is 5.81. The zero-order valence-electron chi connectivity index (χ0n) is 14.2. The van der Waals surface area contributed by atoms with Gasteiger partial charge in [-0.3, -0.25) is 4.79 Å². The van der Waals surface area contributed by atoms with Gasteiger partial charge in [-0.2, -0.15) is 0 Å². The Morgan fingerprint density at radius 2 is 2.08 bits per heavy atom. The molecule has 0 aliphatic carbocycles. The first-order valence-corrected chi connectivity index (χ1v) is 8.43. The van der Waals surface area contributed by atoms with Crippen molar-refractivity contribution in [2.45, 2.75) is 45.3 Å². The number of ether oxygens (including phenoxy) is 3. The maximum absolute atomic E-state index is 12.0. The van der Waals surface area contributed by atoms with E-state index in [9.17, 15) is 9.59 Å². The number of esters is 1. The second-order valence-corrected chi connectivity index (χ2v) is 5.81. The fraction of sp³-hybridized carbons (Fsp3) is 0.556. The number of rotatable bonds is 8. The largest absolute Gasteiger partial charge is 0.491 e. The van der Waals surface area contributed by atoms with Gasteiger partial charge < -0.3 is 19.5 Å². The Balaban J connectivity index is 1.80. The summed E-state index contributed by atoms with van der Waals surface area (Å²) in [5, 5.41) is 2.69. The first kappa shape index (κ1) is 18.3. The molecule has 0 saturated carbocycles. The van der Waals surface area contributed by atoms with E-state index in [-0.39, 0.29) is 12.0 Å². The molecule has 1 amide bonds. The van der Waals surface area contributed by atoms with Gasteiger partial charge in [-0.25, -0.2) is 4.79 Å². The summed E-state index contributed by atoms with van der Waals surface area (Å²) < 4.78 is 16.3. The molecule has 2 rings (SSSR count). The molecule has 1 fully saturated rings. The number of benzene rings is 1. The quantitative estimate of drug-likeness (QED) is 0.738. The van der Waals surface area contributed by atoms with E-state index in [1.807, 2.05) is 6.92 Å². The minimum Gasteiger partial charge on any atom is -0.491 e. The number of hydrogen-bond acceptors (Lipinski definition) is 5. The van der Waals surface area contributed by atoms with Crippen molar-refractivity contribution in [3.63, 3.8) is 0 Å². The highest BCUT2D eigenvalue weighted by Crippen LogP contribution is 2.17. The van der Waals surface area contributed by atoms with Crippen molar-refractivity contribution in [2.75, 3.05) is 19.8 Å². The van der Waals surface area contributed by atoms with Gasteiger partial charge in [0.2, 0.25) is 0 Å². The van der Waals surface area contributed by atoms with E-state index >= 15 is 0 Å². The molecule has 132 valence electrons. The van der Waals surface area contributed by atoms with Gasteiger partial charge in [0.25, 0.3) is 5.91 Å². The molecule has 0 radical (unpaired) electrons. The third kappa shape index (κ3) is 5.53. The van der Waals surface area contributed by atoms with Crippen LogP contribution in [0.3, 0.4) is 0 Å². The van der Waals surface area contributed by atoms with Crippen molar-refractivity contribution in [2.24, 2.45) is 0 Å². The van der Waals surface area contributed by atoms with Crippen LogP contribution in [0.4, 0.5) is 0 Å². The van der Waals surface area contributed by atoms with Gasteiger partial charge >= 0.3 is 5.97 Å². The zero-order valence-corrected chi connectivity index (χ0v) is 14.2. The molecule has 0 unspecified atom stereocenters. The zero-order chi connectivity index (χ0) is 17.4. The molecule has 0 aromatic heterocycles. The van der Waals surface area contributed by atoms with Crippen molar-refractivity contribution in [3.8, 4) is 5.75 Å². The molecule has 2 atom stereocenters. The van der Waals surface area contributed by atoms with Crippen LogP contribution in [0.2, 0.25) is 0 Å². The van der Waals surface area contributed by atoms with Crippen LogP contribution < -0.4 is 10.1 Å². The van der Waals surface area contributed by atoms with Crippen molar-refractivity contribution >= 4 is 11.9 Å². The van der Waals surface area contributed by atoms with Gasteiger partial charge in [-0.1, -0.05) is 6.92 Å². The van der Waals surface area contributed by atoms with Crippen molar-refractivity contribution in [1.29, 1.82) is 0 Å². The Kier molecular flexibility index (Phi) is 7.06. The van der Waals surface area contributed by atoms with Crippen LogP contribution in [0.1, 0.15) is 43.5 Å². The molecular weight excluding hydrogens is 310 g/mol. The monoisotopic (exact) mass is 335 g/mol. The number of nitrogens with one attached hydrogen (secondary N) is 1. The first-order chi connectivity index (χ1) is 11.6. The Labute approximate surface area is 142 Å². The fourth-order valence-electron chi connectivity index (χ4n) is 2.33. The smallest absolute Gasteiger partial charge is 0.338 e. The lowest BCUT2D eigenvalue weighted by Gasteiger charge is -2.14. The van der Waals surface area contributed by atoms with Gasteiger partial charge in [0.05, 0.1) is 11.7 Å². The van der Waals surface area contributed by atoms with E-state index in [2.05, 4.69) is 5.32 Å². The maximum atomic E-state index is 12.0. The van der Waals surface area contributed by atoms with E-state index in [4.69, 9.17) is 14.2 Å². The Hall–Kier alpha value is -2.08. The van der Waals surface area contributed by atoms with Gasteiger partial charge in [0.1, 0.15) is 12.4 Å². The minimum absolute atomic E-state index is 0.150. The molecule has 1 heterocycles. The van der Waals surface area contributed by atoms with Crippen LogP contribution in [-0.2, 0) is 14.3 Å². The normalized spacial score (nSPS) is 18.0.